The van der Waals surface area contributed by atoms with Gasteiger partial charge in [-0.2, -0.15) is 4.98 Å². The number of hydrogen-bond donors (Lipinski definition) is 0. The molecule has 1 fully saturated rings. The number of ether oxygens (including phenoxy) is 1. The number of carbonyl (C=O) groups excluding carboxylic acids is 1. The Balaban J connectivity index is 1.81. The number of halogens is 1. The fourth-order valence-electron chi connectivity index (χ4n) is 5.17. The molecule has 2 aromatic carbocycles. The second kappa shape index (κ2) is 10.9. The molecule has 206 valence electrons. The molecule has 1 amide bonds. The van der Waals surface area contributed by atoms with Crippen LogP contribution in [0.15, 0.2) is 66.0 Å². The number of hydrogen-bond acceptors (Lipinski definition) is 7. The number of nitrogens with zero attached hydrogens (tertiary/aromatic N) is 6. The molecule has 2 aromatic heterocycles. The van der Waals surface area contributed by atoms with Gasteiger partial charge in [0.05, 0.1) is 12.8 Å². The number of methoxy groups -OCH3 is 1. The van der Waals surface area contributed by atoms with Gasteiger partial charge in [-0.25, -0.2) is 23.7 Å². The third-order valence-corrected chi connectivity index (χ3v) is 7.17. The van der Waals surface area contributed by atoms with Gasteiger partial charge in [0.15, 0.2) is 17.0 Å². The topological polar surface area (TPSA) is 93.5 Å². The lowest BCUT2D eigenvalue weighted by molar-refractivity contribution is -0.126. The maximum Gasteiger partial charge on any atom is 0.355 e. The van der Waals surface area contributed by atoms with E-state index in [0.29, 0.717) is 36.7 Å². The van der Waals surface area contributed by atoms with Crippen LogP contribution in [0.3, 0.4) is 0 Å². The number of aromatic nitrogens is 4. The molecule has 1 saturated heterocycles. The van der Waals surface area contributed by atoms with E-state index in [2.05, 4.69) is 11.6 Å². The summed E-state index contributed by atoms with van der Waals surface area (Å²) in [5.74, 6) is -0.0955. The molecule has 3 heterocycles. The monoisotopic (exact) mass is 542 g/mol. The van der Waals surface area contributed by atoms with E-state index < -0.39 is 11.5 Å². The molecular formula is C30H31FN6O3. The van der Waals surface area contributed by atoms with Gasteiger partial charge in [-0.1, -0.05) is 50.8 Å². The van der Waals surface area contributed by atoms with Crippen molar-refractivity contribution in [1.82, 2.24) is 24.4 Å². The molecule has 40 heavy (non-hydrogen) atoms. The summed E-state index contributed by atoms with van der Waals surface area (Å²) in [6.07, 6.45) is 1.30. The third kappa shape index (κ3) is 4.70. The van der Waals surface area contributed by atoms with Crippen LogP contribution in [0.4, 0.5) is 10.2 Å². The molecule has 0 bridgehead atoms. The van der Waals surface area contributed by atoms with Crippen LogP contribution in [0, 0.1) is 5.82 Å². The van der Waals surface area contributed by atoms with Gasteiger partial charge < -0.3 is 14.5 Å². The molecule has 0 aliphatic carbocycles. The second-order valence-electron chi connectivity index (χ2n) is 10.0. The van der Waals surface area contributed by atoms with Crippen molar-refractivity contribution in [3.63, 3.8) is 0 Å². The number of piperazine rings is 1. The second-order valence-corrected chi connectivity index (χ2v) is 10.0. The minimum atomic E-state index is -0.536. The first-order valence-electron chi connectivity index (χ1n) is 13.2. The first-order valence-corrected chi connectivity index (χ1v) is 13.2. The van der Waals surface area contributed by atoms with Crippen LogP contribution in [0.2, 0.25) is 0 Å². The summed E-state index contributed by atoms with van der Waals surface area (Å²) < 4.78 is 22.0. The zero-order valence-electron chi connectivity index (χ0n) is 23.0. The fraction of sp³-hybridized carbons (Fsp3) is 0.300. The minimum Gasteiger partial charge on any atom is -0.479 e. The third-order valence-electron chi connectivity index (χ3n) is 7.17. The number of fused-ring (bicyclic) bond motifs is 1. The quantitative estimate of drug-likeness (QED) is 0.335. The Bertz CT molecular complexity index is 1670. The Morgan fingerprint density at radius 3 is 2.50 bits per heavy atom. The Hall–Kier alpha value is -4.60. The van der Waals surface area contributed by atoms with Crippen molar-refractivity contribution in [3.8, 4) is 22.8 Å². The van der Waals surface area contributed by atoms with Gasteiger partial charge in [0.1, 0.15) is 11.5 Å². The van der Waals surface area contributed by atoms with E-state index in [1.165, 1.54) is 23.8 Å². The standard InChI is InChI=1S/C30H31FN6O3/c1-6-24(38)35-15-16-36(19(4)17-35)27-26-28(32-25(29(33-26)40-5)21-12-7-9-13-22(21)31)37(30(39)34-27)23-14-10-8-11-20(23)18(2)3/h6-14,18-19H,1,15-17H2,2-5H3/t19-/m0/s1. The van der Waals surface area contributed by atoms with Crippen LogP contribution < -0.4 is 15.3 Å². The van der Waals surface area contributed by atoms with Gasteiger partial charge in [-0.3, -0.25) is 4.79 Å². The molecule has 1 aliphatic heterocycles. The van der Waals surface area contributed by atoms with Gasteiger partial charge in [-0.15, -0.1) is 0 Å². The first kappa shape index (κ1) is 27.0. The van der Waals surface area contributed by atoms with Crippen molar-refractivity contribution in [1.29, 1.82) is 0 Å². The lowest BCUT2D eigenvalue weighted by Crippen LogP contribution is -2.54. The van der Waals surface area contributed by atoms with Crippen molar-refractivity contribution in [2.24, 2.45) is 0 Å². The van der Waals surface area contributed by atoms with Gasteiger partial charge in [-0.05, 0) is 42.7 Å². The summed E-state index contributed by atoms with van der Waals surface area (Å²) >= 11 is 0. The number of rotatable bonds is 6. The number of para-hydroxylation sites is 1. The van der Waals surface area contributed by atoms with Crippen molar-refractivity contribution < 1.29 is 13.9 Å². The summed E-state index contributed by atoms with van der Waals surface area (Å²) in [7, 11) is 1.44. The summed E-state index contributed by atoms with van der Waals surface area (Å²) in [6.45, 7) is 10.9. The molecule has 1 aliphatic rings. The molecule has 4 aromatic rings. The van der Waals surface area contributed by atoms with Gasteiger partial charge in [0.25, 0.3) is 0 Å². The van der Waals surface area contributed by atoms with Crippen molar-refractivity contribution in [3.05, 3.63) is 83.1 Å². The highest BCUT2D eigenvalue weighted by molar-refractivity contribution is 5.89. The molecule has 5 rings (SSSR count). The summed E-state index contributed by atoms with van der Waals surface area (Å²) in [6, 6.07) is 13.6. The van der Waals surface area contributed by atoms with E-state index in [1.54, 1.807) is 23.1 Å². The van der Waals surface area contributed by atoms with Crippen LogP contribution >= 0.6 is 0 Å². The molecule has 0 saturated carbocycles. The lowest BCUT2D eigenvalue weighted by atomic mass is 10.0. The average molecular weight is 543 g/mol. The van der Waals surface area contributed by atoms with Crippen LogP contribution in [0.25, 0.3) is 28.1 Å². The molecule has 0 spiro atoms. The summed E-state index contributed by atoms with van der Waals surface area (Å²) in [5, 5.41) is 0. The minimum absolute atomic E-state index is 0.102. The smallest absolute Gasteiger partial charge is 0.355 e. The highest BCUT2D eigenvalue weighted by Gasteiger charge is 2.31. The predicted octanol–water partition coefficient (Wildman–Crippen LogP) is 4.34. The summed E-state index contributed by atoms with van der Waals surface area (Å²) in [4.78, 5) is 43.9. The largest absolute Gasteiger partial charge is 0.479 e. The van der Waals surface area contributed by atoms with E-state index in [1.807, 2.05) is 49.9 Å². The first-order chi connectivity index (χ1) is 19.2. The maximum atomic E-state index is 15.0. The van der Waals surface area contributed by atoms with Crippen LogP contribution in [0.1, 0.15) is 32.3 Å². The highest BCUT2D eigenvalue weighted by atomic mass is 19.1. The predicted molar refractivity (Wildman–Crippen MR) is 153 cm³/mol. The number of amides is 1. The zero-order chi connectivity index (χ0) is 28.6. The van der Waals surface area contributed by atoms with Gasteiger partial charge >= 0.3 is 5.69 Å². The van der Waals surface area contributed by atoms with E-state index in [-0.39, 0.29) is 40.7 Å². The molecule has 9 nitrogen and oxygen atoms in total. The van der Waals surface area contributed by atoms with E-state index in [4.69, 9.17) is 14.7 Å². The molecule has 0 N–H and O–H groups in total. The molecule has 0 unspecified atom stereocenters. The van der Waals surface area contributed by atoms with Gasteiger partial charge in [0, 0.05) is 31.2 Å². The highest BCUT2D eigenvalue weighted by Crippen LogP contribution is 2.34. The Kier molecular flexibility index (Phi) is 7.34. The molecular weight excluding hydrogens is 511 g/mol. The Morgan fingerprint density at radius 1 is 1.10 bits per heavy atom. The normalized spacial score (nSPS) is 15.5. The van der Waals surface area contributed by atoms with Crippen molar-refractivity contribution >= 4 is 22.9 Å². The van der Waals surface area contributed by atoms with E-state index in [0.717, 1.165) is 5.56 Å². The van der Waals surface area contributed by atoms with Crippen LogP contribution in [-0.4, -0.2) is 63.1 Å². The number of anilines is 1. The van der Waals surface area contributed by atoms with Crippen molar-refractivity contribution in [2.45, 2.75) is 32.7 Å². The molecule has 0 radical (unpaired) electrons. The lowest BCUT2D eigenvalue weighted by Gasteiger charge is -2.40. The van der Waals surface area contributed by atoms with Crippen molar-refractivity contribution in [2.75, 3.05) is 31.6 Å². The maximum absolute atomic E-state index is 15.0. The zero-order valence-corrected chi connectivity index (χ0v) is 23.0. The number of benzene rings is 2. The van der Waals surface area contributed by atoms with Crippen LogP contribution in [0.5, 0.6) is 5.88 Å². The van der Waals surface area contributed by atoms with E-state index in [9.17, 15) is 14.0 Å². The fourth-order valence-corrected chi connectivity index (χ4v) is 5.17. The SMILES string of the molecule is C=CC(=O)N1CCN(c2nc(=O)n(-c3ccccc3C(C)C)c3nc(-c4ccccc4F)c(OC)nc23)[C@@H](C)C1. The Labute approximate surface area is 231 Å². The summed E-state index contributed by atoms with van der Waals surface area (Å²) in [5.41, 5.74) is 1.97. The van der Waals surface area contributed by atoms with E-state index >= 15 is 0 Å². The Morgan fingerprint density at radius 2 is 1.82 bits per heavy atom. The van der Waals surface area contributed by atoms with Gasteiger partial charge in [0.2, 0.25) is 11.8 Å². The van der Waals surface area contributed by atoms with Crippen LogP contribution in [-0.2, 0) is 4.79 Å². The number of carbonyl (C=O) groups is 1. The molecule has 1 atom stereocenters. The molecule has 10 heteroatoms. The average Bonchev–Trinajstić information content (AvgIpc) is 2.96.